The van der Waals surface area contributed by atoms with Crippen molar-refractivity contribution in [3.8, 4) is 0 Å². The van der Waals surface area contributed by atoms with Crippen molar-refractivity contribution < 1.29 is 41.7 Å². The molecule has 0 aliphatic carbocycles. The number of thioether (sulfide) groups is 1. The zero-order valence-corrected chi connectivity index (χ0v) is 16.2. The summed E-state index contributed by atoms with van der Waals surface area (Å²) in [6.45, 7) is 2.55. The first-order valence-corrected chi connectivity index (χ1v) is 11.5. The van der Waals surface area contributed by atoms with E-state index in [1.165, 1.54) is 6.92 Å². The summed E-state index contributed by atoms with van der Waals surface area (Å²) < 4.78 is 40.4. The Morgan fingerprint density at radius 3 is 2.42 bits per heavy atom. The monoisotopic (exact) mass is 406 g/mol. The van der Waals surface area contributed by atoms with Crippen LogP contribution in [0.5, 0.6) is 0 Å². The maximum Gasteiger partial charge on any atom is 0.375 e. The summed E-state index contributed by atoms with van der Waals surface area (Å²) in [7, 11) is -9.11. The van der Waals surface area contributed by atoms with Crippen molar-refractivity contribution in [3.05, 3.63) is 0 Å². The molecule has 1 aliphatic rings. The lowest BCUT2D eigenvalue weighted by Gasteiger charge is -2.46. The highest BCUT2D eigenvalue weighted by Crippen LogP contribution is 2.55. The third kappa shape index (κ3) is 5.01. The molecule has 0 radical (unpaired) electrons. The SMILES string of the molecule is CC(=O)SCC[N+]1(C)CCCCC1CC(O)(P(=O)(O)O)S(=O)(=O)O. The topological polar surface area (TPSA) is 149 Å². The van der Waals surface area contributed by atoms with Gasteiger partial charge in [-0.1, -0.05) is 11.8 Å². The van der Waals surface area contributed by atoms with Gasteiger partial charge in [-0.15, -0.1) is 0 Å². The number of aliphatic hydroxyl groups is 1. The molecule has 0 aromatic carbocycles. The molecule has 0 aromatic rings. The molecule has 1 aliphatic heterocycles. The quantitative estimate of drug-likeness (QED) is 0.267. The maximum atomic E-state index is 11.5. The van der Waals surface area contributed by atoms with Crippen LogP contribution < -0.4 is 0 Å². The lowest BCUT2D eigenvalue weighted by atomic mass is 9.96. The van der Waals surface area contributed by atoms with Gasteiger partial charge in [0.1, 0.15) is 0 Å². The van der Waals surface area contributed by atoms with Crippen LogP contribution in [0.15, 0.2) is 0 Å². The smallest absolute Gasteiger partial charge is 0.363 e. The molecule has 3 unspecified atom stereocenters. The zero-order valence-electron chi connectivity index (χ0n) is 13.7. The molecule has 0 amide bonds. The molecule has 9 nitrogen and oxygen atoms in total. The van der Waals surface area contributed by atoms with Crippen molar-refractivity contribution in [2.75, 3.05) is 25.9 Å². The molecule has 0 spiro atoms. The first-order chi connectivity index (χ1) is 10.7. The summed E-state index contributed by atoms with van der Waals surface area (Å²) in [5.74, 6) is 0.475. The van der Waals surface area contributed by atoms with Crippen LogP contribution in [0.25, 0.3) is 0 Å². The summed E-state index contributed by atoms with van der Waals surface area (Å²) in [6, 6.07) is -0.564. The van der Waals surface area contributed by atoms with E-state index in [4.69, 9.17) is 0 Å². The molecule has 12 heteroatoms. The molecule has 1 saturated heterocycles. The minimum absolute atomic E-state index is 0.0557. The van der Waals surface area contributed by atoms with Crippen molar-refractivity contribution in [1.82, 2.24) is 0 Å². The van der Waals surface area contributed by atoms with E-state index in [1.807, 2.05) is 0 Å². The van der Waals surface area contributed by atoms with E-state index < -0.39 is 34.9 Å². The second kappa shape index (κ2) is 7.71. The number of rotatable bonds is 7. The zero-order chi connectivity index (χ0) is 18.8. The summed E-state index contributed by atoms with van der Waals surface area (Å²) in [4.78, 5) is 29.6. The first kappa shape index (κ1) is 22.0. The van der Waals surface area contributed by atoms with Gasteiger partial charge in [-0.3, -0.25) is 13.9 Å². The predicted octanol–water partition coefficient (Wildman–Crippen LogP) is 0.367. The van der Waals surface area contributed by atoms with Gasteiger partial charge in [-0.2, -0.15) is 8.42 Å². The number of quaternary nitrogens is 1. The molecule has 1 heterocycles. The van der Waals surface area contributed by atoms with Gasteiger partial charge in [-0.05, 0) is 19.3 Å². The lowest BCUT2D eigenvalue weighted by Crippen LogP contribution is -2.59. The molecule has 1 rings (SSSR count). The molecule has 0 aromatic heterocycles. The Morgan fingerprint density at radius 2 is 1.96 bits per heavy atom. The summed E-state index contributed by atoms with van der Waals surface area (Å²) in [6.07, 6.45) is 1.26. The fraction of sp³-hybridized carbons (Fsp3) is 0.917. The number of likely N-dealkylation sites (tertiary alicyclic amines) is 1. The van der Waals surface area contributed by atoms with Crippen LogP contribution in [0.4, 0.5) is 0 Å². The van der Waals surface area contributed by atoms with Crippen molar-refractivity contribution in [1.29, 1.82) is 0 Å². The Balaban J connectivity index is 3.06. The van der Waals surface area contributed by atoms with Gasteiger partial charge in [0.2, 0.25) is 0 Å². The number of carbonyl (C=O) groups is 1. The van der Waals surface area contributed by atoms with E-state index in [9.17, 15) is 37.2 Å². The number of carbonyl (C=O) groups excluding carboxylic acids is 1. The Kier molecular flexibility index (Phi) is 7.08. The normalized spacial score (nSPS) is 28.3. The van der Waals surface area contributed by atoms with Gasteiger partial charge in [0.05, 0.1) is 38.4 Å². The van der Waals surface area contributed by atoms with Gasteiger partial charge in [-0.25, -0.2) is 0 Å². The first-order valence-electron chi connectivity index (χ1n) is 7.45. The molecule has 4 N–H and O–H groups in total. The van der Waals surface area contributed by atoms with E-state index in [0.717, 1.165) is 24.6 Å². The number of hydrogen-bond acceptors (Lipinski definition) is 6. The average molecular weight is 406 g/mol. The second-order valence-electron chi connectivity index (χ2n) is 6.38. The third-order valence-corrected chi connectivity index (χ3v) is 8.90. The van der Waals surface area contributed by atoms with Gasteiger partial charge in [0.15, 0.2) is 5.12 Å². The van der Waals surface area contributed by atoms with Crippen molar-refractivity contribution in [2.24, 2.45) is 0 Å². The van der Waals surface area contributed by atoms with E-state index in [2.05, 4.69) is 0 Å². The Bertz CT molecular complexity index is 621. The van der Waals surface area contributed by atoms with Crippen LogP contribution in [0.1, 0.15) is 32.6 Å². The Morgan fingerprint density at radius 1 is 1.38 bits per heavy atom. The summed E-state index contributed by atoms with van der Waals surface area (Å²) in [5.41, 5.74) is 0. The van der Waals surface area contributed by atoms with Crippen LogP contribution >= 0.6 is 19.4 Å². The van der Waals surface area contributed by atoms with Crippen molar-refractivity contribution >= 4 is 34.6 Å². The van der Waals surface area contributed by atoms with Crippen molar-refractivity contribution in [3.63, 3.8) is 0 Å². The molecule has 0 bridgehead atoms. The standard InChI is InChI=1S/C12H24NO8PS2/c1-10(14)23-8-7-13(2)6-4-3-5-11(13)9-12(15,22(16,17)18)24(19,20)21/h11,15H,3-9H2,1-2H3,(H2-,16,17,18,19,20,21)/p+1. The second-order valence-corrected chi connectivity index (χ2v) is 11.4. The molecule has 1 fully saturated rings. The summed E-state index contributed by atoms with van der Waals surface area (Å²) >= 11 is 1.12. The third-order valence-electron chi connectivity index (χ3n) is 4.62. The predicted molar refractivity (Wildman–Crippen MR) is 89.9 cm³/mol. The van der Waals surface area contributed by atoms with Crippen LogP contribution in [0.3, 0.4) is 0 Å². The van der Waals surface area contributed by atoms with E-state index in [0.29, 0.717) is 25.3 Å². The van der Waals surface area contributed by atoms with Gasteiger partial charge in [0.25, 0.3) is 4.67 Å². The van der Waals surface area contributed by atoms with Crippen LogP contribution in [-0.4, -0.2) is 74.1 Å². The van der Waals surface area contributed by atoms with Gasteiger partial charge < -0.3 is 19.4 Å². The highest BCUT2D eigenvalue weighted by atomic mass is 32.2. The lowest BCUT2D eigenvalue weighted by molar-refractivity contribution is -0.936. The fourth-order valence-electron chi connectivity index (χ4n) is 3.04. The molecule has 24 heavy (non-hydrogen) atoms. The van der Waals surface area contributed by atoms with E-state index in [-0.39, 0.29) is 9.60 Å². The highest BCUT2D eigenvalue weighted by Gasteiger charge is 2.59. The minimum Gasteiger partial charge on any atom is -0.363 e. The van der Waals surface area contributed by atoms with E-state index in [1.54, 1.807) is 7.05 Å². The van der Waals surface area contributed by atoms with Crippen molar-refractivity contribution in [2.45, 2.75) is 43.3 Å². The van der Waals surface area contributed by atoms with Crippen LogP contribution in [0.2, 0.25) is 0 Å². The minimum atomic E-state index is -5.53. The van der Waals surface area contributed by atoms with Crippen LogP contribution in [-0.2, 0) is 19.5 Å². The largest absolute Gasteiger partial charge is 0.375 e. The molecule has 142 valence electrons. The maximum absolute atomic E-state index is 11.5. The molecular formula is C12H25NO8PS2+. The number of hydrogen-bond donors (Lipinski definition) is 4. The van der Waals surface area contributed by atoms with E-state index >= 15 is 0 Å². The Labute approximate surface area is 145 Å². The molecule has 0 saturated carbocycles. The Hall–Kier alpha value is -0.000000000000000132. The molecular weight excluding hydrogens is 381 g/mol. The average Bonchev–Trinajstić information content (AvgIpc) is 2.38. The van der Waals surface area contributed by atoms with Gasteiger partial charge >= 0.3 is 17.7 Å². The van der Waals surface area contributed by atoms with Gasteiger partial charge in [0, 0.05) is 6.92 Å². The van der Waals surface area contributed by atoms with Crippen LogP contribution in [0, 0.1) is 0 Å². The number of piperidine rings is 1. The molecule has 3 atom stereocenters. The summed E-state index contributed by atoms with van der Waals surface area (Å²) in [5, 5.41) is 10.1. The fourth-order valence-corrected chi connectivity index (χ4v) is 5.89. The highest BCUT2D eigenvalue weighted by molar-refractivity contribution is 8.13. The number of nitrogens with zero attached hydrogens (tertiary/aromatic N) is 1.